The van der Waals surface area contributed by atoms with E-state index in [-0.39, 0.29) is 12.6 Å². The molecule has 0 fully saturated rings. The number of tetrazole rings is 1. The lowest BCUT2D eigenvalue weighted by Gasteiger charge is -2.05. The largest absolute Gasteiger partial charge is 0.396 e. The van der Waals surface area contributed by atoms with Crippen molar-refractivity contribution >= 4 is 0 Å². The molecular weight excluding hydrogens is 146 g/mol. The second-order valence-electron chi connectivity index (χ2n) is 2.28. The molecule has 0 saturated carbocycles. The molecule has 0 aliphatic rings. The Morgan fingerprint density at radius 2 is 2.45 bits per heavy atom. The highest BCUT2D eigenvalue weighted by Gasteiger charge is 2.11. The maximum Gasteiger partial charge on any atom is 0.167 e. The van der Waals surface area contributed by atoms with Gasteiger partial charge in [0.1, 0.15) is 0 Å². The third-order valence-corrected chi connectivity index (χ3v) is 1.42. The highest BCUT2D eigenvalue weighted by atomic mass is 16.3. The highest BCUT2D eigenvalue weighted by molar-refractivity contribution is 4.88. The molecule has 3 N–H and O–H groups in total. The minimum absolute atomic E-state index is 0.0496. The Kier molecular flexibility index (Phi) is 2.50. The van der Waals surface area contributed by atoms with E-state index in [1.54, 1.807) is 7.05 Å². The molecule has 0 aliphatic heterocycles. The van der Waals surface area contributed by atoms with Crippen molar-refractivity contribution in [2.24, 2.45) is 12.8 Å². The first-order valence-electron chi connectivity index (χ1n) is 3.34. The van der Waals surface area contributed by atoms with Crippen LogP contribution in [0.2, 0.25) is 0 Å². The van der Waals surface area contributed by atoms with Crippen molar-refractivity contribution in [2.75, 3.05) is 6.61 Å². The first-order chi connectivity index (χ1) is 5.25. The maximum atomic E-state index is 8.57. The molecule has 1 aromatic rings. The topological polar surface area (TPSA) is 89.9 Å². The fourth-order valence-corrected chi connectivity index (χ4v) is 0.819. The van der Waals surface area contributed by atoms with Crippen LogP contribution in [0.5, 0.6) is 0 Å². The lowest BCUT2D eigenvalue weighted by molar-refractivity contribution is 0.273. The number of aliphatic hydroxyl groups excluding tert-OH is 1. The summed E-state index contributed by atoms with van der Waals surface area (Å²) in [7, 11) is 1.71. The molecule has 0 aliphatic carbocycles. The van der Waals surface area contributed by atoms with Crippen LogP contribution in [-0.4, -0.2) is 31.9 Å². The summed E-state index contributed by atoms with van der Waals surface area (Å²) in [6.07, 6.45) is 0.480. The van der Waals surface area contributed by atoms with Crippen molar-refractivity contribution in [1.29, 1.82) is 0 Å². The lowest BCUT2D eigenvalue weighted by atomic mass is 10.2. The van der Waals surface area contributed by atoms with E-state index < -0.39 is 0 Å². The Morgan fingerprint density at radius 1 is 1.73 bits per heavy atom. The average molecular weight is 157 g/mol. The molecule has 6 nitrogen and oxygen atoms in total. The number of aryl methyl sites for hydroxylation is 1. The van der Waals surface area contributed by atoms with Gasteiger partial charge in [0.15, 0.2) is 5.82 Å². The zero-order chi connectivity index (χ0) is 8.27. The number of hydrogen-bond donors (Lipinski definition) is 2. The van der Waals surface area contributed by atoms with Crippen LogP contribution in [0.4, 0.5) is 0 Å². The van der Waals surface area contributed by atoms with Gasteiger partial charge in [-0.2, -0.15) is 0 Å². The average Bonchev–Trinajstić information content (AvgIpc) is 2.36. The molecule has 62 valence electrons. The third-order valence-electron chi connectivity index (χ3n) is 1.42. The van der Waals surface area contributed by atoms with Crippen molar-refractivity contribution < 1.29 is 5.11 Å². The molecule has 1 unspecified atom stereocenters. The van der Waals surface area contributed by atoms with Crippen LogP contribution in [0.3, 0.4) is 0 Å². The Balaban J connectivity index is 2.67. The monoisotopic (exact) mass is 157 g/mol. The first kappa shape index (κ1) is 8.09. The molecule has 1 rings (SSSR count). The highest BCUT2D eigenvalue weighted by Crippen LogP contribution is 2.06. The Labute approximate surface area is 64.0 Å². The van der Waals surface area contributed by atoms with Gasteiger partial charge in [-0.3, -0.25) is 0 Å². The zero-order valence-corrected chi connectivity index (χ0v) is 6.30. The fraction of sp³-hybridized carbons (Fsp3) is 0.800. The van der Waals surface area contributed by atoms with E-state index >= 15 is 0 Å². The summed E-state index contributed by atoms with van der Waals surface area (Å²) in [4.78, 5) is 0. The normalized spacial score (nSPS) is 13.4. The third kappa shape index (κ3) is 1.72. The SMILES string of the molecule is Cn1nnnc1C(N)CCO. The van der Waals surface area contributed by atoms with Gasteiger partial charge in [0, 0.05) is 13.7 Å². The van der Waals surface area contributed by atoms with Crippen molar-refractivity contribution in [3.05, 3.63) is 5.82 Å². The molecule has 0 amide bonds. The van der Waals surface area contributed by atoms with Crippen LogP contribution in [0, 0.1) is 0 Å². The van der Waals surface area contributed by atoms with Crippen LogP contribution in [0.25, 0.3) is 0 Å². The smallest absolute Gasteiger partial charge is 0.167 e. The number of hydrogen-bond acceptors (Lipinski definition) is 5. The van der Waals surface area contributed by atoms with E-state index in [1.807, 2.05) is 0 Å². The van der Waals surface area contributed by atoms with E-state index in [4.69, 9.17) is 10.8 Å². The predicted molar refractivity (Wildman–Crippen MR) is 37.4 cm³/mol. The van der Waals surface area contributed by atoms with Gasteiger partial charge in [-0.15, -0.1) is 5.10 Å². The second-order valence-corrected chi connectivity index (χ2v) is 2.28. The van der Waals surface area contributed by atoms with Gasteiger partial charge in [0.05, 0.1) is 6.04 Å². The van der Waals surface area contributed by atoms with E-state index in [9.17, 15) is 0 Å². The van der Waals surface area contributed by atoms with Gasteiger partial charge < -0.3 is 10.8 Å². The molecule has 1 atom stereocenters. The summed E-state index contributed by atoms with van der Waals surface area (Å²) in [6, 6.07) is -0.278. The predicted octanol–water partition coefficient (Wildman–Crippen LogP) is -1.41. The van der Waals surface area contributed by atoms with Gasteiger partial charge in [-0.1, -0.05) is 0 Å². The van der Waals surface area contributed by atoms with Crippen molar-refractivity contribution in [1.82, 2.24) is 20.2 Å². The Hall–Kier alpha value is -1.01. The van der Waals surface area contributed by atoms with E-state index in [0.717, 1.165) is 0 Å². The summed E-state index contributed by atoms with van der Waals surface area (Å²) >= 11 is 0. The van der Waals surface area contributed by atoms with Crippen LogP contribution >= 0.6 is 0 Å². The van der Waals surface area contributed by atoms with Crippen LogP contribution in [0.15, 0.2) is 0 Å². The number of aromatic nitrogens is 4. The summed E-state index contributed by atoms with van der Waals surface area (Å²) in [5.41, 5.74) is 5.63. The van der Waals surface area contributed by atoms with Gasteiger partial charge >= 0.3 is 0 Å². The Morgan fingerprint density at radius 3 is 2.91 bits per heavy atom. The second kappa shape index (κ2) is 3.40. The maximum absolute atomic E-state index is 8.57. The summed E-state index contributed by atoms with van der Waals surface area (Å²) in [5.74, 6) is 0.596. The standard InChI is InChI=1S/C5H11N5O/c1-10-5(7-8-9-10)4(6)2-3-11/h4,11H,2-3,6H2,1H3. The summed E-state index contributed by atoms with van der Waals surface area (Å²) < 4.78 is 1.50. The molecule has 0 saturated heterocycles. The Bertz CT molecular complexity index is 222. The molecule has 1 heterocycles. The minimum Gasteiger partial charge on any atom is -0.396 e. The van der Waals surface area contributed by atoms with Crippen molar-refractivity contribution in [3.63, 3.8) is 0 Å². The molecule has 11 heavy (non-hydrogen) atoms. The van der Waals surface area contributed by atoms with Crippen LogP contribution in [0.1, 0.15) is 18.3 Å². The van der Waals surface area contributed by atoms with Gasteiger partial charge in [0.2, 0.25) is 0 Å². The van der Waals surface area contributed by atoms with E-state index in [1.165, 1.54) is 4.68 Å². The molecule has 0 spiro atoms. The van der Waals surface area contributed by atoms with Crippen molar-refractivity contribution in [3.8, 4) is 0 Å². The molecule has 0 aromatic carbocycles. The zero-order valence-electron chi connectivity index (χ0n) is 6.30. The van der Waals surface area contributed by atoms with E-state index in [0.29, 0.717) is 12.2 Å². The molecule has 0 radical (unpaired) electrons. The van der Waals surface area contributed by atoms with E-state index in [2.05, 4.69) is 15.5 Å². The fourth-order valence-electron chi connectivity index (χ4n) is 0.819. The lowest BCUT2D eigenvalue weighted by Crippen LogP contribution is -2.17. The minimum atomic E-state index is -0.278. The van der Waals surface area contributed by atoms with Gasteiger partial charge in [0.25, 0.3) is 0 Å². The van der Waals surface area contributed by atoms with Gasteiger partial charge in [-0.05, 0) is 16.8 Å². The number of rotatable bonds is 3. The van der Waals surface area contributed by atoms with Crippen LogP contribution in [-0.2, 0) is 7.05 Å². The molecule has 6 heteroatoms. The summed E-state index contributed by atoms with van der Waals surface area (Å²) in [6.45, 7) is 0.0496. The number of aliphatic hydroxyl groups is 1. The first-order valence-corrected chi connectivity index (χ1v) is 3.34. The quantitative estimate of drug-likeness (QED) is 0.562. The van der Waals surface area contributed by atoms with Crippen molar-refractivity contribution in [2.45, 2.75) is 12.5 Å². The number of nitrogens with zero attached hydrogens (tertiary/aromatic N) is 4. The molecular formula is C5H11N5O. The molecule has 1 aromatic heterocycles. The molecule has 0 bridgehead atoms. The van der Waals surface area contributed by atoms with Gasteiger partial charge in [-0.25, -0.2) is 4.68 Å². The number of nitrogens with two attached hydrogens (primary N) is 1. The summed E-state index contributed by atoms with van der Waals surface area (Å²) in [5, 5.41) is 19.3. The van der Waals surface area contributed by atoms with Crippen LogP contribution < -0.4 is 5.73 Å².